The first-order valence-electron chi connectivity index (χ1n) is 10.7. The highest BCUT2D eigenvalue weighted by Gasteiger charge is 2.20. The second kappa shape index (κ2) is 8.88. The Morgan fingerprint density at radius 3 is 2.53 bits per heavy atom. The Bertz CT molecular complexity index is 1170. The molecule has 0 radical (unpaired) electrons. The minimum Gasteiger partial charge on any atom is -0.507 e. The Labute approximate surface area is 186 Å². The van der Waals surface area contributed by atoms with Gasteiger partial charge in [-0.25, -0.2) is 14.5 Å². The summed E-state index contributed by atoms with van der Waals surface area (Å²) in [7, 11) is 0. The van der Waals surface area contributed by atoms with Crippen molar-refractivity contribution in [3.63, 3.8) is 0 Å². The van der Waals surface area contributed by atoms with Crippen molar-refractivity contribution in [3.8, 4) is 22.8 Å². The molecule has 5 N–H and O–H groups in total. The molecule has 1 aromatic heterocycles. The number of ether oxygens (including phenoxy) is 1. The summed E-state index contributed by atoms with van der Waals surface area (Å²) in [4.78, 5) is 14.8. The van der Waals surface area contributed by atoms with Crippen molar-refractivity contribution in [2.45, 2.75) is 20.3 Å². The zero-order valence-electron chi connectivity index (χ0n) is 18.3. The van der Waals surface area contributed by atoms with E-state index in [1.807, 2.05) is 38.1 Å². The third kappa shape index (κ3) is 4.24. The van der Waals surface area contributed by atoms with E-state index in [1.54, 1.807) is 6.07 Å². The van der Waals surface area contributed by atoms with Crippen LogP contribution >= 0.6 is 0 Å². The number of aromatic nitrogens is 3. The Morgan fingerprint density at radius 2 is 1.88 bits per heavy atom. The number of nitrogens with zero attached hydrogens (tertiary/aromatic N) is 3. The molecule has 0 aliphatic carbocycles. The van der Waals surface area contributed by atoms with Gasteiger partial charge in [-0.2, -0.15) is 5.10 Å². The summed E-state index contributed by atoms with van der Waals surface area (Å²) >= 11 is 0. The molecule has 0 atom stereocenters. The summed E-state index contributed by atoms with van der Waals surface area (Å²) in [5, 5.41) is 25.6. The number of hydrogen-bond donors (Lipinski definition) is 4. The first kappa shape index (κ1) is 21.6. The standard InChI is InChI=1S/C23H28N6O3/c1-14(2)11-19(24)17-12-18(21(30)13-20(17)25)22-26-27-23(31)29(22)16-5-3-15(4-6-16)28-7-9-32-10-8-28/h3-6,12-14,24,30H,7-11,25H2,1-2H3,(H,27,31). The second-order valence-electron chi connectivity index (χ2n) is 8.34. The number of aromatic hydroxyl groups is 1. The van der Waals surface area contributed by atoms with E-state index in [4.69, 9.17) is 15.9 Å². The zero-order chi connectivity index (χ0) is 22.8. The molecule has 1 aliphatic heterocycles. The Kier molecular flexibility index (Phi) is 6.00. The number of aromatic amines is 1. The quantitative estimate of drug-likeness (QED) is 0.347. The van der Waals surface area contributed by atoms with Crippen LogP contribution in [0.3, 0.4) is 0 Å². The van der Waals surface area contributed by atoms with Gasteiger partial charge in [0.1, 0.15) is 5.75 Å². The van der Waals surface area contributed by atoms with Gasteiger partial charge < -0.3 is 25.9 Å². The van der Waals surface area contributed by atoms with Crippen LogP contribution in [0.5, 0.6) is 5.75 Å². The Morgan fingerprint density at radius 1 is 1.22 bits per heavy atom. The van der Waals surface area contributed by atoms with Crippen molar-refractivity contribution < 1.29 is 9.84 Å². The predicted molar refractivity (Wildman–Crippen MR) is 125 cm³/mol. The molecule has 1 aliphatic rings. The average molecular weight is 437 g/mol. The third-order valence-corrected chi connectivity index (χ3v) is 5.50. The lowest BCUT2D eigenvalue weighted by molar-refractivity contribution is 0.122. The number of benzene rings is 2. The van der Waals surface area contributed by atoms with E-state index in [0.29, 0.717) is 47.8 Å². The molecule has 9 nitrogen and oxygen atoms in total. The summed E-state index contributed by atoms with van der Waals surface area (Å²) in [6, 6.07) is 10.6. The van der Waals surface area contributed by atoms with E-state index in [-0.39, 0.29) is 17.5 Å². The van der Waals surface area contributed by atoms with Crippen molar-refractivity contribution in [2.75, 3.05) is 36.9 Å². The molecule has 1 fully saturated rings. The summed E-state index contributed by atoms with van der Waals surface area (Å²) in [5.74, 6) is 0.437. The van der Waals surface area contributed by atoms with Crippen LogP contribution in [0.1, 0.15) is 25.8 Å². The molecular formula is C23H28N6O3. The Hall–Kier alpha value is -3.59. The Balaban J connectivity index is 1.73. The summed E-state index contributed by atoms with van der Waals surface area (Å²) in [6.07, 6.45) is 0.546. The number of phenolic OH excluding ortho intramolecular Hbond substituents is 1. The molecule has 0 bridgehead atoms. The maximum Gasteiger partial charge on any atom is 0.348 e. The van der Waals surface area contributed by atoms with Crippen molar-refractivity contribution in [1.82, 2.24) is 14.8 Å². The molecule has 168 valence electrons. The van der Waals surface area contributed by atoms with Crippen LogP contribution in [0.25, 0.3) is 17.1 Å². The fourth-order valence-corrected chi connectivity index (χ4v) is 3.91. The van der Waals surface area contributed by atoms with Gasteiger partial charge in [-0.1, -0.05) is 13.8 Å². The van der Waals surface area contributed by atoms with Crippen LogP contribution in [-0.2, 0) is 4.74 Å². The topological polar surface area (TPSA) is 133 Å². The van der Waals surface area contributed by atoms with Crippen LogP contribution in [0, 0.1) is 11.3 Å². The molecule has 9 heteroatoms. The molecule has 0 unspecified atom stereocenters. The van der Waals surface area contributed by atoms with E-state index in [9.17, 15) is 9.90 Å². The first-order valence-corrected chi connectivity index (χ1v) is 10.7. The molecule has 0 saturated carbocycles. The molecule has 2 aromatic carbocycles. The normalized spacial score (nSPS) is 14.2. The second-order valence-corrected chi connectivity index (χ2v) is 8.34. The monoisotopic (exact) mass is 436 g/mol. The molecular weight excluding hydrogens is 408 g/mol. The van der Waals surface area contributed by atoms with E-state index in [0.717, 1.165) is 18.8 Å². The van der Waals surface area contributed by atoms with Crippen molar-refractivity contribution >= 4 is 17.1 Å². The number of nitrogens with two attached hydrogens (primary N) is 1. The van der Waals surface area contributed by atoms with Gasteiger partial charge in [0.2, 0.25) is 0 Å². The van der Waals surface area contributed by atoms with Gasteiger partial charge in [-0.3, -0.25) is 0 Å². The minimum absolute atomic E-state index is 0.103. The third-order valence-electron chi connectivity index (χ3n) is 5.50. The van der Waals surface area contributed by atoms with Gasteiger partial charge in [0.15, 0.2) is 5.82 Å². The minimum atomic E-state index is -0.422. The lowest BCUT2D eigenvalue weighted by Gasteiger charge is -2.28. The fourth-order valence-electron chi connectivity index (χ4n) is 3.91. The SMILES string of the molecule is CC(C)CC(=N)c1cc(-c2n[nH]c(=O)n2-c2ccc(N3CCOCC3)cc2)c(O)cc1N. The van der Waals surface area contributed by atoms with Gasteiger partial charge in [0.05, 0.1) is 24.5 Å². The number of H-pyrrole nitrogens is 1. The van der Waals surface area contributed by atoms with Crippen molar-refractivity contribution in [3.05, 3.63) is 52.4 Å². The average Bonchev–Trinajstić information content (AvgIpc) is 3.15. The number of morpholine rings is 1. The molecule has 3 aromatic rings. The van der Waals surface area contributed by atoms with Gasteiger partial charge in [-0.05, 0) is 42.7 Å². The van der Waals surface area contributed by atoms with E-state index in [1.165, 1.54) is 10.6 Å². The number of hydrogen-bond acceptors (Lipinski definition) is 7. The van der Waals surface area contributed by atoms with Gasteiger partial charge in [-0.15, -0.1) is 0 Å². The molecule has 0 amide bonds. The summed E-state index contributed by atoms with van der Waals surface area (Å²) in [6.45, 7) is 7.08. The van der Waals surface area contributed by atoms with E-state index < -0.39 is 5.69 Å². The largest absolute Gasteiger partial charge is 0.507 e. The van der Waals surface area contributed by atoms with Crippen LogP contribution in [0.4, 0.5) is 11.4 Å². The van der Waals surface area contributed by atoms with Gasteiger partial charge in [0.25, 0.3) is 0 Å². The molecule has 0 spiro atoms. The molecule has 32 heavy (non-hydrogen) atoms. The summed E-state index contributed by atoms with van der Waals surface area (Å²) < 4.78 is 6.81. The molecule has 1 saturated heterocycles. The van der Waals surface area contributed by atoms with E-state index >= 15 is 0 Å². The fraction of sp³-hybridized carbons (Fsp3) is 0.348. The number of anilines is 2. The van der Waals surface area contributed by atoms with Crippen molar-refractivity contribution in [1.29, 1.82) is 5.41 Å². The van der Waals surface area contributed by atoms with Crippen LogP contribution in [-0.4, -0.2) is 51.9 Å². The highest BCUT2D eigenvalue weighted by molar-refractivity contribution is 6.04. The van der Waals surface area contributed by atoms with Crippen LogP contribution in [0.2, 0.25) is 0 Å². The summed E-state index contributed by atoms with van der Waals surface area (Å²) in [5.41, 5.74) is 8.87. The predicted octanol–water partition coefficient (Wildman–Crippen LogP) is 2.77. The molecule has 2 heterocycles. The van der Waals surface area contributed by atoms with Crippen LogP contribution in [0.15, 0.2) is 41.2 Å². The van der Waals surface area contributed by atoms with Gasteiger partial charge in [0, 0.05) is 41.8 Å². The maximum atomic E-state index is 12.6. The smallest absolute Gasteiger partial charge is 0.348 e. The van der Waals surface area contributed by atoms with Crippen molar-refractivity contribution in [2.24, 2.45) is 5.92 Å². The number of nitrogen functional groups attached to an aromatic ring is 1. The number of phenols is 1. The highest BCUT2D eigenvalue weighted by Crippen LogP contribution is 2.33. The highest BCUT2D eigenvalue weighted by atomic mass is 16.5. The first-order chi connectivity index (χ1) is 15.3. The zero-order valence-corrected chi connectivity index (χ0v) is 18.3. The number of rotatable bonds is 6. The maximum absolute atomic E-state index is 12.6. The van der Waals surface area contributed by atoms with Crippen LogP contribution < -0.4 is 16.3 Å². The molecule has 4 rings (SSSR count). The van der Waals surface area contributed by atoms with Gasteiger partial charge >= 0.3 is 5.69 Å². The lowest BCUT2D eigenvalue weighted by atomic mass is 9.97. The van der Waals surface area contributed by atoms with E-state index in [2.05, 4.69) is 15.1 Å². The number of nitrogens with one attached hydrogen (secondary N) is 2. The lowest BCUT2D eigenvalue weighted by Crippen LogP contribution is -2.36.